The molecule has 5 rings (SSSR count). The second kappa shape index (κ2) is 9.17. The lowest BCUT2D eigenvalue weighted by atomic mass is 9.91. The molecule has 2 heterocycles. The van der Waals surface area contributed by atoms with Crippen molar-refractivity contribution < 1.29 is 4.79 Å². The second-order valence-corrected chi connectivity index (χ2v) is 9.20. The molecule has 2 aromatic carbocycles. The smallest absolute Gasteiger partial charge is 0.251 e. The van der Waals surface area contributed by atoms with Crippen LogP contribution in [0.1, 0.15) is 47.3 Å². The molecule has 7 nitrogen and oxygen atoms in total. The van der Waals surface area contributed by atoms with E-state index in [1.165, 1.54) is 0 Å². The van der Waals surface area contributed by atoms with Gasteiger partial charge in [0.1, 0.15) is 0 Å². The number of carbonyl (C=O) groups excluding carboxylic acids is 1. The molecule has 0 aliphatic heterocycles. The van der Waals surface area contributed by atoms with Gasteiger partial charge in [-0.25, -0.2) is 9.97 Å². The third-order valence-corrected chi connectivity index (χ3v) is 6.62. The summed E-state index contributed by atoms with van der Waals surface area (Å²) in [6.45, 7) is 4.13. The number of nitrogens with zero attached hydrogens (tertiary/aromatic N) is 2. The number of nitrogen functional groups attached to an aromatic ring is 1. The number of aryl methyl sites for hydroxylation is 2. The van der Waals surface area contributed by atoms with Crippen molar-refractivity contribution in [2.24, 2.45) is 0 Å². The summed E-state index contributed by atoms with van der Waals surface area (Å²) in [6.07, 6.45) is 5.74. The summed E-state index contributed by atoms with van der Waals surface area (Å²) in [7, 11) is 0. The molecular formula is C27H30N6O. The second-order valence-electron chi connectivity index (χ2n) is 9.20. The minimum atomic E-state index is -0.0608. The summed E-state index contributed by atoms with van der Waals surface area (Å²) >= 11 is 0. The Morgan fingerprint density at radius 2 is 1.82 bits per heavy atom. The predicted molar refractivity (Wildman–Crippen MR) is 137 cm³/mol. The number of rotatable bonds is 5. The molecule has 1 saturated carbocycles. The molecule has 4 aromatic rings. The average molecular weight is 455 g/mol. The molecule has 34 heavy (non-hydrogen) atoms. The molecular weight excluding hydrogens is 424 g/mol. The summed E-state index contributed by atoms with van der Waals surface area (Å²) in [5, 5.41) is 7.87. The third-order valence-electron chi connectivity index (χ3n) is 6.62. The Balaban J connectivity index is 1.31. The Bertz CT molecular complexity index is 1330. The fourth-order valence-electron chi connectivity index (χ4n) is 4.88. The lowest BCUT2D eigenvalue weighted by Crippen LogP contribution is -2.42. The van der Waals surface area contributed by atoms with E-state index in [0.717, 1.165) is 59.1 Å². The Morgan fingerprint density at radius 3 is 2.65 bits per heavy atom. The summed E-state index contributed by atoms with van der Waals surface area (Å²) < 4.78 is 0. The lowest BCUT2D eigenvalue weighted by Gasteiger charge is -2.30. The molecule has 1 fully saturated rings. The lowest BCUT2D eigenvalue weighted by molar-refractivity contribution is 0.0926. The van der Waals surface area contributed by atoms with Crippen LogP contribution in [0.2, 0.25) is 0 Å². The first-order chi connectivity index (χ1) is 16.5. The molecule has 174 valence electrons. The van der Waals surface area contributed by atoms with Gasteiger partial charge in [-0.1, -0.05) is 18.2 Å². The summed E-state index contributed by atoms with van der Waals surface area (Å²) in [5.74, 6) is 0.565. The number of aromatic nitrogens is 3. The van der Waals surface area contributed by atoms with Crippen LogP contribution in [0, 0.1) is 13.8 Å². The predicted octanol–water partition coefficient (Wildman–Crippen LogP) is 4.98. The first-order valence-electron chi connectivity index (χ1n) is 11.8. The SMILES string of the molecule is Cc1cnc(N[C@@H]2CCC[C@H](NC(=O)c3ccc(N)cc3)C2)nc1-c1c(C)[nH]c2ccccc12. The molecule has 0 unspecified atom stereocenters. The Hall–Kier alpha value is -3.87. The van der Waals surface area contributed by atoms with Gasteiger partial charge in [-0.05, 0) is 75.4 Å². The maximum Gasteiger partial charge on any atom is 0.251 e. The van der Waals surface area contributed by atoms with Crippen LogP contribution in [-0.4, -0.2) is 32.9 Å². The average Bonchev–Trinajstić information content (AvgIpc) is 3.16. The highest BCUT2D eigenvalue weighted by Gasteiger charge is 2.25. The normalized spacial score (nSPS) is 18.1. The van der Waals surface area contributed by atoms with Crippen molar-refractivity contribution in [3.05, 3.63) is 71.5 Å². The third kappa shape index (κ3) is 4.46. The molecule has 1 aliphatic rings. The minimum absolute atomic E-state index is 0.0608. The van der Waals surface area contributed by atoms with Gasteiger partial charge in [-0.3, -0.25) is 4.79 Å². The summed E-state index contributed by atoms with van der Waals surface area (Å²) in [5.41, 5.74) is 12.3. The maximum absolute atomic E-state index is 12.6. The van der Waals surface area contributed by atoms with Gasteiger partial charge < -0.3 is 21.4 Å². The zero-order valence-electron chi connectivity index (χ0n) is 19.6. The fraction of sp³-hybridized carbons (Fsp3) is 0.296. The Kier molecular flexibility index (Phi) is 5.92. The van der Waals surface area contributed by atoms with Crippen LogP contribution in [0.15, 0.2) is 54.7 Å². The number of anilines is 2. The van der Waals surface area contributed by atoms with Crippen molar-refractivity contribution in [1.82, 2.24) is 20.3 Å². The van der Waals surface area contributed by atoms with E-state index in [1.807, 2.05) is 19.2 Å². The van der Waals surface area contributed by atoms with Gasteiger partial charge in [0.25, 0.3) is 5.91 Å². The molecule has 2 atom stereocenters. The number of carbonyl (C=O) groups is 1. The quantitative estimate of drug-likeness (QED) is 0.318. The number of amides is 1. The van der Waals surface area contributed by atoms with E-state index in [2.05, 4.69) is 45.7 Å². The number of hydrogen-bond donors (Lipinski definition) is 4. The number of fused-ring (bicyclic) bond motifs is 1. The number of benzene rings is 2. The Labute approximate surface area is 199 Å². The number of nitrogens with two attached hydrogens (primary N) is 1. The molecule has 0 saturated heterocycles. The number of hydrogen-bond acceptors (Lipinski definition) is 5. The van der Waals surface area contributed by atoms with Crippen LogP contribution in [-0.2, 0) is 0 Å². The molecule has 1 amide bonds. The zero-order chi connectivity index (χ0) is 23.7. The van der Waals surface area contributed by atoms with Crippen LogP contribution < -0.4 is 16.4 Å². The van der Waals surface area contributed by atoms with Gasteiger partial charge in [0.15, 0.2) is 0 Å². The van der Waals surface area contributed by atoms with Gasteiger partial charge in [-0.2, -0.15) is 0 Å². The first kappa shape index (κ1) is 21.9. The highest BCUT2D eigenvalue weighted by molar-refractivity contribution is 5.97. The van der Waals surface area contributed by atoms with Crippen LogP contribution in [0.4, 0.5) is 11.6 Å². The van der Waals surface area contributed by atoms with Crippen LogP contribution in [0.5, 0.6) is 0 Å². The van der Waals surface area contributed by atoms with Gasteiger partial charge in [0.2, 0.25) is 5.95 Å². The van der Waals surface area contributed by atoms with Crippen molar-refractivity contribution in [1.29, 1.82) is 0 Å². The number of H-pyrrole nitrogens is 1. The Morgan fingerprint density at radius 1 is 1.06 bits per heavy atom. The van der Waals surface area contributed by atoms with Crippen LogP contribution in [0.3, 0.4) is 0 Å². The van der Waals surface area contributed by atoms with Crippen LogP contribution in [0.25, 0.3) is 22.2 Å². The van der Waals surface area contributed by atoms with Gasteiger partial charge in [0.05, 0.1) is 5.69 Å². The van der Waals surface area contributed by atoms with Gasteiger partial charge in [-0.15, -0.1) is 0 Å². The molecule has 1 aliphatic carbocycles. The topological polar surface area (TPSA) is 109 Å². The molecule has 2 aromatic heterocycles. The van der Waals surface area contributed by atoms with E-state index in [1.54, 1.807) is 24.3 Å². The monoisotopic (exact) mass is 454 g/mol. The van der Waals surface area contributed by atoms with Gasteiger partial charge in [0, 0.05) is 51.7 Å². The maximum atomic E-state index is 12.6. The zero-order valence-corrected chi connectivity index (χ0v) is 19.6. The first-order valence-corrected chi connectivity index (χ1v) is 11.8. The van der Waals surface area contributed by atoms with E-state index < -0.39 is 0 Å². The number of para-hydroxylation sites is 1. The molecule has 0 spiro atoms. The fourth-order valence-corrected chi connectivity index (χ4v) is 4.88. The van der Waals surface area contributed by atoms with Crippen molar-refractivity contribution in [2.45, 2.75) is 51.6 Å². The van der Waals surface area contributed by atoms with E-state index in [9.17, 15) is 4.79 Å². The van der Waals surface area contributed by atoms with Crippen molar-refractivity contribution in [2.75, 3.05) is 11.1 Å². The highest BCUT2D eigenvalue weighted by atomic mass is 16.1. The number of aromatic amines is 1. The molecule has 5 N–H and O–H groups in total. The van der Waals surface area contributed by atoms with E-state index in [0.29, 0.717) is 17.2 Å². The van der Waals surface area contributed by atoms with Crippen molar-refractivity contribution in [3.63, 3.8) is 0 Å². The minimum Gasteiger partial charge on any atom is -0.399 e. The van der Waals surface area contributed by atoms with Crippen molar-refractivity contribution in [3.8, 4) is 11.3 Å². The summed E-state index contributed by atoms with van der Waals surface area (Å²) in [6, 6.07) is 15.6. The summed E-state index contributed by atoms with van der Waals surface area (Å²) in [4.78, 5) is 25.6. The van der Waals surface area contributed by atoms with E-state index in [4.69, 9.17) is 10.7 Å². The van der Waals surface area contributed by atoms with Gasteiger partial charge >= 0.3 is 0 Å². The molecule has 7 heteroatoms. The standard InChI is InChI=1S/C27H30N6O/c1-16-15-29-27(33-25(16)24-17(2)30-23-9-4-3-8-22(23)24)32-21-7-5-6-20(14-21)31-26(34)18-10-12-19(28)13-11-18/h3-4,8-13,15,20-21,30H,5-7,14,28H2,1-2H3,(H,31,34)(H,29,32,33)/t20-,21+/m0/s1. The molecule has 0 radical (unpaired) electrons. The number of nitrogens with one attached hydrogen (secondary N) is 3. The largest absolute Gasteiger partial charge is 0.399 e. The van der Waals surface area contributed by atoms with E-state index in [-0.39, 0.29) is 18.0 Å². The van der Waals surface area contributed by atoms with E-state index >= 15 is 0 Å². The molecule has 0 bridgehead atoms. The van der Waals surface area contributed by atoms with Crippen LogP contribution >= 0.6 is 0 Å². The van der Waals surface area contributed by atoms with Crippen molar-refractivity contribution >= 4 is 28.4 Å². The highest BCUT2D eigenvalue weighted by Crippen LogP contribution is 2.33.